The molecule has 0 unspecified atom stereocenters. The Kier molecular flexibility index (Phi) is 6.56. The normalized spacial score (nSPS) is 25.1. The number of hydrazone groups is 1. The second-order valence-electron chi connectivity index (χ2n) is 8.26. The van der Waals surface area contributed by atoms with E-state index in [1.54, 1.807) is 6.21 Å². The number of rotatable bonds is 6. The van der Waals surface area contributed by atoms with Gasteiger partial charge in [0.25, 0.3) is 0 Å². The van der Waals surface area contributed by atoms with Gasteiger partial charge in [-0.1, -0.05) is 49.6 Å². The van der Waals surface area contributed by atoms with E-state index in [0.717, 1.165) is 32.9 Å². The molecule has 30 heavy (non-hydrogen) atoms. The van der Waals surface area contributed by atoms with Crippen LogP contribution in [-0.4, -0.2) is 12.1 Å². The second-order valence-corrected chi connectivity index (χ2v) is 10.4. The van der Waals surface area contributed by atoms with Crippen LogP contribution in [0, 0.1) is 17.3 Å². The summed E-state index contributed by atoms with van der Waals surface area (Å²) in [5, 5.41) is 4.86. The maximum atomic E-state index is 12.5. The third kappa shape index (κ3) is 4.46. The highest BCUT2D eigenvalue weighted by atomic mass is 79.9. The van der Waals surface area contributed by atoms with Gasteiger partial charge in [0.15, 0.2) is 0 Å². The molecule has 1 amide bonds. The van der Waals surface area contributed by atoms with Crippen LogP contribution in [0.3, 0.4) is 0 Å². The minimum absolute atomic E-state index is 0.0403. The highest BCUT2D eigenvalue weighted by molar-refractivity contribution is 9.11. The average Bonchev–Trinajstić information content (AvgIpc) is 3.34. The largest absolute Gasteiger partial charge is 0.486 e. The third-order valence-electron chi connectivity index (χ3n) is 6.35. The molecule has 1 N–H and O–H groups in total. The molecule has 2 aliphatic carbocycles. The summed E-state index contributed by atoms with van der Waals surface area (Å²) in [5.74, 6) is 1.36. The Morgan fingerprint density at radius 3 is 2.70 bits per heavy atom. The number of nitrogens with zero attached hydrogens (tertiary/aromatic N) is 1. The minimum atomic E-state index is 0.0403. The lowest BCUT2D eigenvalue weighted by Gasteiger charge is -2.15. The van der Waals surface area contributed by atoms with Crippen LogP contribution in [0.1, 0.15) is 43.7 Å². The molecule has 2 aromatic carbocycles. The molecule has 3 atom stereocenters. The average molecular weight is 555 g/mol. The highest BCUT2D eigenvalue weighted by Gasteiger charge is 2.64. The SMILES string of the molecule is C[C@@]12CCCC[C@H]1[C@@H]2C(=O)N/N=C\c1cc(Br)c(OCc2ccccc2Cl)c(Br)c1. The molecule has 0 bridgehead atoms. The number of fused-ring (bicyclic) bond motifs is 1. The Balaban J connectivity index is 1.37. The third-order valence-corrected chi connectivity index (χ3v) is 7.90. The molecule has 2 fully saturated rings. The van der Waals surface area contributed by atoms with Crippen LogP contribution in [0.5, 0.6) is 5.75 Å². The zero-order chi connectivity index (χ0) is 21.3. The maximum absolute atomic E-state index is 12.5. The van der Waals surface area contributed by atoms with Crippen LogP contribution in [0.15, 0.2) is 50.4 Å². The molecule has 7 heteroatoms. The molecule has 4 nitrogen and oxygen atoms in total. The molecule has 0 spiro atoms. The standard InChI is InChI=1S/C23H23Br2ClN2O2/c1-23-9-5-4-7-16(23)20(23)22(29)28-27-12-14-10-17(24)21(18(25)11-14)30-13-15-6-2-3-8-19(15)26/h2-3,6,8,10-12,16,20H,4-5,7,9,13H2,1H3,(H,28,29)/b27-12-/t16-,20+,23+/m0/s1. The lowest BCUT2D eigenvalue weighted by molar-refractivity contribution is -0.123. The molecular weight excluding hydrogens is 532 g/mol. The summed E-state index contributed by atoms with van der Waals surface area (Å²) in [6.07, 6.45) is 6.43. The zero-order valence-corrected chi connectivity index (χ0v) is 20.6. The monoisotopic (exact) mass is 552 g/mol. The van der Waals surface area contributed by atoms with E-state index in [2.05, 4.69) is 49.3 Å². The summed E-state index contributed by atoms with van der Waals surface area (Å²) < 4.78 is 7.52. The van der Waals surface area contributed by atoms with Crippen molar-refractivity contribution in [3.8, 4) is 5.75 Å². The van der Waals surface area contributed by atoms with E-state index >= 15 is 0 Å². The van der Waals surface area contributed by atoms with Gasteiger partial charge in [0.1, 0.15) is 12.4 Å². The quantitative estimate of drug-likeness (QED) is 0.318. The van der Waals surface area contributed by atoms with Gasteiger partial charge in [0.2, 0.25) is 5.91 Å². The number of amides is 1. The molecular formula is C23H23Br2ClN2O2. The number of benzene rings is 2. The van der Waals surface area contributed by atoms with Crippen molar-refractivity contribution in [3.63, 3.8) is 0 Å². The second kappa shape index (κ2) is 9.01. The summed E-state index contributed by atoms with van der Waals surface area (Å²) in [6, 6.07) is 11.4. The van der Waals surface area contributed by atoms with E-state index in [9.17, 15) is 4.79 Å². The Morgan fingerprint density at radius 2 is 2.03 bits per heavy atom. The first-order chi connectivity index (χ1) is 14.4. The number of nitrogens with one attached hydrogen (secondary N) is 1. The van der Waals surface area contributed by atoms with Gasteiger partial charge in [-0.15, -0.1) is 0 Å². The lowest BCUT2D eigenvalue weighted by atomic mass is 9.90. The molecule has 0 saturated heterocycles. The lowest BCUT2D eigenvalue weighted by Crippen LogP contribution is -2.22. The van der Waals surface area contributed by atoms with Crippen molar-refractivity contribution in [1.29, 1.82) is 0 Å². The Hall–Kier alpha value is -1.37. The van der Waals surface area contributed by atoms with Crippen LogP contribution in [-0.2, 0) is 11.4 Å². The zero-order valence-electron chi connectivity index (χ0n) is 16.6. The fourth-order valence-corrected chi connectivity index (χ4v) is 6.29. The Labute approximate surface area is 198 Å². The van der Waals surface area contributed by atoms with Crippen molar-refractivity contribution in [2.75, 3.05) is 0 Å². The first-order valence-corrected chi connectivity index (χ1v) is 12.0. The van der Waals surface area contributed by atoms with Crippen molar-refractivity contribution in [2.45, 2.75) is 39.2 Å². The van der Waals surface area contributed by atoms with Crippen LogP contribution < -0.4 is 10.2 Å². The van der Waals surface area contributed by atoms with Gasteiger partial charge in [0, 0.05) is 16.5 Å². The summed E-state index contributed by atoms with van der Waals surface area (Å²) in [4.78, 5) is 12.5. The van der Waals surface area contributed by atoms with Crippen LogP contribution in [0.4, 0.5) is 0 Å². The van der Waals surface area contributed by atoms with E-state index in [0.29, 0.717) is 23.3 Å². The maximum Gasteiger partial charge on any atom is 0.244 e. The van der Waals surface area contributed by atoms with Gasteiger partial charge >= 0.3 is 0 Å². The molecule has 4 rings (SSSR count). The first-order valence-electron chi connectivity index (χ1n) is 10.1. The van der Waals surface area contributed by atoms with Crippen molar-refractivity contribution in [3.05, 3.63) is 61.5 Å². The van der Waals surface area contributed by atoms with Gasteiger partial charge in [-0.25, -0.2) is 5.43 Å². The summed E-state index contributed by atoms with van der Waals surface area (Å²) in [7, 11) is 0. The smallest absolute Gasteiger partial charge is 0.244 e. The fourth-order valence-electron chi connectivity index (χ4n) is 4.65. The predicted octanol–water partition coefficient (Wildman–Crippen LogP) is 6.72. The molecule has 2 aromatic rings. The van der Waals surface area contributed by atoms with E-state index in [4.69, 9.17) is 16.3 Å². The molecule has 0 aliphatic heterocycles. The van der Waals surface area contributed by atoms with Crippen molar-refractivity contribution in [1.82, 2.24) is 5.43 Å². The Morgan fingerprint density at radius 1 is 1.30 bits per heavy atom. The number of carbonyl (C=O) groups excluding carboxylic acids is 1. The van der Waals surface area contributed by atoms with Gasteiger partial charge in [0.05, 0.1) is 15.2 Å². The number of hydrogen-bond acceptors (Lipinski definition) is 3. The van der Waals surface area contributed by atoms with Crippen LogP contribution >= 0.6 is 43.5 Å². The predicted molar refractivity (Wildman–Crippen MR) is 127 cm³/mol. The van der Waals surface area contributed by atoms with E-state index in [-0.39, 0.29) is 17.2 Å². The fraction of sp³-hybridized carbons (Fsp3) is 0.391. The van der Waals surface area contributed by atoms with Crippen molar-refractivity contribution < 1.29 is 9.53 Å². The summed E-state index contributed by atoms with van der Waals surface area (Å²) in [6.45, 7) is 2.60. The van der Waals surface area contributed by atoms with E-state index < -0.39 is 0 Å². The molecule has 2 aliphatic rings. The number of carbonyl (C=O) groups is 1. The van der Waals surface area contributed by atoms with Crippen LogP contribution in [0.25, 0.3) is 0 Å². The van der Waals surface area contributed by atoms with Crippen molar-refractivity contribution in [2.24, 2.45) is 22.4 Å². The first kappa shape index (κ1) is 21.8. The van der Waals surface area contributed by atoms with Gasteiger partial charge in [-0.2, -0.15) is 5.10 Å². The number of ether oxygens (including phenoxy) is 1. The van der Waals surface area contributed by atoms with Gasteiger partial charge < -0.3 is 4.74 Å². The Bertz CT molecular complexity index is 974. The van der Waals surface area contributed by atoms with Gasteiger partial charge in [-0.3, -0.25) is 4.79 Å². The summed E-state index contributed by atoms with van der Waals surface area (Å²) in [5.41, 5.74) is 4.68. The van der Waals surface area contributed by atoms with E-state index in [1.807, 2.05) is 36.4 Å². The van der Waals surface area contributed by atoms with Crippen LogP contribution in [0.2, 0.25) is 5.02 Å². The van der Waals surface area contributed by atoms with Gasteiger partial charge in [-0.05, 0) is 79.8 Å². The molecule has 0 heterocycles. The molecule has 2 saturated carbocycles. The number of hydrogen-bond donors (Lipinski definition) is 1. The topological polar surface area (TPSA) is 50.7 Å². The van der Waals surface area contributed by atoms with Crippen molar-refractivity contribution >= 4 is 55.6 Å². The minimum Gasteiger partial charge on any atom is -0.486 e. The van der Waals surface area contributed by atoms with E-state index in [1.165, 1.54) is 12.8 Å². The highest BCUT2D eigenvalue weighted by Crippen LogP contribution is 2.66. The number of halogens is 3. The molecule has 0 radical (unpaired) electrons. The molecule has 0 aromatic heterocycles. The summed E-state index contributed by atoms with van der Waals surface area (Å²) >= 11 is 13.3. The molecule has 158 valence electrons.